The summed E-state index contributed by atoms with van der Waals surface area (Å²) in [5, 5.41) is 0. The van der Waals surface area contributed by atoms with Crippen molar-refractivity contribution in [1.29, 1.82) is 0 Å². The van der Waals surface area contributed by atoms with Crippen LogP contribution in [0.2, 0.25) is 0 Å². The molecule has 2 rings (SSSR count). The fourth-order valence-electron chi connectivity index (χ4n) is 1.46. The molecular formula is C10H12N2O2S. The Kier molecular flexibility index (Phi) is 3.11. The SMILES string of the molecule is COc1ncccc1C(=O)N1CCSC1. The number of nitrogens with zero attached hydrogens (tertiary/aromatic N) is 2. The summed E-state index contributed by atoms with van der Waals surface area (Å²) in [6.07, 6.45) is 1.62. The molecule has 1 amide bonds. The Morgan fingerprint density at radius 1 is 1.67 bits per heavy atom. The van der Waals surface area contributed by atoms with Crippen molar-refractivity contribution >= 4 is 17.7 Å². The van der Waals surface area contributed by atoms with E-state index in [2.05, 4.69) is 4.98 Å². The second-order valence-corrected chi connectivity index (χ2v) is 4.24. The van der Waals surface area contributed by atoms with Gasteiger partial charge >= 0.3 is 0 Å². The van der Waals surface area contributed by atoms with Crippen LogP contribution in [0.15, 0.2) is 18.3 Å². The van der Waals surface area contributed by atoms with Gasteiger partial charge in [-0.25, -0.2) is 4.98 Å². The third-order valence-corrected chi connectivity index (χ3v) is 3.20. The molecule has 1 fully saturated rings. The highest BCUT2D eigenvalue weighted by Crippen LogP contribution is 2.20. The van der Waals surface area contributed by atoms with Crippen LogP contribution in [-0.4, -0.2) is 41.1 Å². The van der Waals surface area contributed by atoms with Gasteiger partial charge in [0.05, 0.1) is 13.0 Å². The van der Waals surface area contributed by atoms with Crippen molar-refractivity contribution in [2.75, 3.05) is 25.3 Å². The average molecular weight is 224 g/mol. The number of methoxy groups -OCH3 is 1. The van der Waals surface area contributed by atoms with Crippen molar-refractivity contribution in [3.05, 3.63) is 23.9 Å². The van der Waals surface area contributed by atoms with Gasteiger partial charge in [-0.2, -0.15) is 0 Å². The zero-order valence-corrected chi connectivity index (χ0v) is 9.29. The normalized spacial score (nSPS) is 15.4. The van der Waals surface area contributed by atoms with Crippen molar-refractivity contribution < 1.29 is 9.53 Å². The van der Waals surface area contributed by atoms with Crippen LogP contribution in [0.25, 0.3) is 0 Å². The first-order valence-electron chi connectivity index (χ1n) is 4.69. The van der Waals surface area contributed by atoms with Gasteiger partial charge in [-0.05, 0) is 12.1 Å². The number of hydrogen-bond acceptors (Lipinski definition) is 4. The van der Waals surface area contributed by atoms with Crippen LogP contribution in [0, 0.1) is 0 Å². The molecule has 0 atom stereocenters. The fraction of sp³-hybridized carbons (Fsp3) is 0.400. The van der Waals surface area contributed by atoms with Gasteiger partial charge in [-0.3, -0.25) is 4.79 Å². The maximum absolute atomic E-state index is 12.0. The molecule has 0 spiro atoms. The predicted molar refractivity (Wildman–Crippen MR) is 59.2 cm³/mol. The smallest absolute Gasteiger partial charge is 0.260 e. The summed E-state index contributed by atoms with van der Waals surface area (Å²) in [7, 11) is 1.53. The molecule has 1 saturated heterocycles. The summed E-state index contributed by atoms with van der Waals surface area (Å²) in [6, 6.07) is 3.50. The Hall–Kier alpha value is -1.23. The van der Waals surface area contributed by atoms with E-state index in [4.69, 9.17) is 4.74 Å². The van der Waals surface area contributed by atoms with E-state index in [9.17, 15) is 4.79 Å². The minimum Gasteiger partial charge on any atom is -0.480 e. The summed E-state index contributed by atoms with van der Waals surface area (Å²) in [5.74, 6) is 2.18. The zero-order chi connectivity index (χ0) is 10.7. The minimum absolute atomic E-state index is 0.00458. The molecule has 15 heavy (non-hydrogen) atoms. The molecule has 80 valence electrons. The number of aromatic nitrogens is 1. The van der Waals surface area contributed by atoms with E-state index in [1.165, 1.54) is 7.11 Å². The summed E-state index contributed by atoms with van der Waals surface area (Å²) in [4.78, 5) is 17.8. The monoisotopic (exact) mass is 224 g/mol. The van der Waals surface area contributed by atoms with E-state index >= 15 is 0 Å². The molecule has 1 aliphatic rings. The first-order valence-corrected chi connectivity index (χ1v) is 5.84. The summed E-state index contributed by atoms with van der Waals surface area (Å²) in [6.45, 7) is 0.807. The highest BCUT2D eigenvalue weighted by molar-refractivity contribution is 7.99. The molecular weight excluding hydrogens is 212 g/mol. The van der Waals surface area contributed by atoms with Crippen LogP contribution in [0.1, 0.15) is 10.4 Å². The molecule has 0 N–H and O–H groups in total. The van der Waals surface area contributed by atoms with Gasteiger partial charge < -0.3 is 9.64 Å². The standard InChI is InChI=1S/C10H12N2O2S/c1-14-9-8(3-2-4-11-9)10(13)12-5-6-15-7-12/h2-4H,5-7H2,1H3. The highest BCUT2D eigenvalue weighted by Gasteiger charge is 2.22. The van der Waals surface area contributed by atoms with Crippen LogP contribution in [-0.2, 0) is 0 Å². The molecule has 0 unspecified atom stereocenters. The summed E-state index contributed by atoms with van der Waals surface area (Å²) >= 11 is 1.76. The lowest BCUT2D eigenvalue weighted by Gasteiger charge is -2.15. The van der Waals surface area contributed by atoms with Crippen molar-refractivity contribution in [3.8, 4) is 5.88 Å². The lowest BCUT2D eigenvalue weighted by atomic mass is 10.2. The number of carbonyl (C=O) groups is 1. The fourth-order valence-corrected chi connectivity index (χ4v) is 2.41. The maximum atomic E-state index is 12.0. The van der Waals surface area contributed by atoms with Gasteiger partial charge in [0.25, 0.3) is 5.91 Å². The number of ether oxygens (including phenoxy) is 1. The number of carbonyl (C=O) groups excluding carboxylic acids is 1. The Bertz CT molecular complexity index is 364. The van der Waals surface area contributed by atoms with Gasteiger partial charge in [-0.1, -0.05) is 0 Å². The molecule has 0 saturated carbocycles. The van der Waals surface area contributed by atoms with Gasteiger partial charge in [-0.15, -0.1) is 11.8 Å². The number of amides is 1. The number of hydrogen-bond donors (Lipinski definition) is 0. The third kappa shape index (κ3) is 2.07. The van der Waals surface area contributed by atoms with Crippen LogP contribution < -0.4 is 4.74 Å². The Balaban J connectivity index is 2.24. The third-order valence-electron chi connectivity index (χ3n) is 2.23. The molecule has 0 radical (unpaired) electrons. The van der Waals surface area contributed by atoms with E-state index < -0.39 is 0 Å². The number of pyridine rings is 1. The van der Waals surface area contributed by atoms with Crippen LogP contribution >= 0.6 is 11.8 Å². The van der Waals surface area contributed by atoms with E-state index in [0.717, 1.165) is 18.2 Å². The average Bonchev–Trinajstić information content (AvgIpc) is 2.81. The summed E-state index contributed by atoms with van der Waals surface area (Å²) in [5.41, 5.74) is 0.544. The number of rotatable bonds is 2. The van der Waals surface area contributed by atoms with E-state index in [1.54, 1.807) is 30.1 Å². The van der Waals surface area contributed by atoms with Crippen LogP contribution in [0.4, 0.5) is 0 Å². The quantitative estimate of drug-likeness (QED) is 0.758. The molecule has 5 heteroatoms. The minimum atomic E-state index is 0.00458. The lowest BCUT2D eigenvalue weighted by molar-refractivity contribution is 0.0798. The van der Waals surface area contributed by atoms with Crippen molar-refractivity contribution in [1.82, 2.24) is 9.88 Å². The van der Waals surface area contributed by atoms with Crippen molar-refractivity contribution in [2.45, 2.75) is 0 Å². The Morgan fingerprint density at radius 3 is 3.20 bits per heavy atom. The molecule has 1 aliphatic heterocycles. The Morgan fingerprint density at radius 2 is 2.53 bits per heavy atom. The van der Waals surface area contributed by atoms with Gasteiger partial charge in [0.15, 0.2) is 0 Å². The molecule has 0 bridgehead atoms. The van der Waals surface area contributed by atoms with Crippen molar-refractivity contribution in [2.24, 2.45) is 0 Å². The van der Waals surface area contributed by atoms with Gasteiger partial charge in [0, 0.05) is 18.5 Å². The molecule has 0 aromatic carbocycles. The highest BCUT2D eigenvalue weighted by atomic mass is 32.2. The maximum Gasteiger partial charge on any atom is 0.260 e. The topological polar surface area (TPSA) is 42.4 Å². The first kappa shape index (κ1) is 10.3. The summed E-state index contributed by atoms with van der Waals surface area (Å²) < 4.78 is 5.06. The van der Waals surface area contributed by atoms with Gasteiger partial charge in [0.1, 0.15) is 5.56 Å². The van der Waals surface area contributed by atoms with Crippen molar-refractivity contribution in [3.63, 3.8) is 0 Å². The van der Waals surface area contributed by atoms with Crippen LogP contribution in [0.5, 0.6) is 5.88 Å². The second-order valence-electron chi connectivity index (χ2n) is 3.17. The van der Waals surface area contributed by atoms with Crippen LogP contribution in [0.3, 0.4) is 0 Å². The molecule has 1 aromatic rings. The van der Waals surface area contributed by atoms with E-state index in [1.807, 2.05) is 4.90 Å². The Labute approximate surface area is 92.6 Å². The van der Waals surface area contributed by atoms with E-state index in [-0.39, 0.29) is 5.91 Å². The molecule has 1 aromatic heterocycles. The first-order chi connectivity index (χ1) is 7.33. The van der Waals surface area contributed by atoms with Gasteiger partial charge in [0.2, 0.25) is 5.88 Å². The van der Waals surface area contributed by atoms with E-state index in [0.29, 0.717) is 11.4 Å². The lowest BCUT2D eigenvalue weighted by Crippen LogP contribution is -2.28. The molecule has 4 nitrogen and oxygen atoms in total. The number of thioether (sulfide) groups is 1. The molecule has 0 aliphatic carbocycles. The zero-order valence-electron chi connectivity index (χ0n) is 8.47. The largest absolute Gasteiger partial charge is 0.480 e. The predicted octanol–water partition coefficient (Wildman–Crippen LogP) is 1.24. The molecule has 2 heterocycles. The second kappa shape index (κ2) is 4.53.